The van der Waals surface area contributed by atoms with E-state index in [-0.39, 0.29) is 31.7 Å². The first kappa shape index (κ1) is 18.8. The van der Waals surface area contributed by atoms with Crippen LogP contribution in [0.15, 0.2) is 42.5 Å². The molecule has 2 aromatic carbocycles. The van der Waals surface area contributed by atoms with Crippen molar-refractivity contribution in [1.82, 2.24) is 14.9 Å². The third-order valence-electron chi connectivity index (χ3n) is 4.61. The van der Waals surface area contributed by atoms with Crippen molar-refractivity contribution in [3.8, 4) is 11.5 Å². The highest BCUT2D eigenvalue weighted by Gasteiger charge is 2.17. The molecule has 2 amide bonds. The lowest BCUT2D eigenvalue weighted by Gasteiger charge is -2.11. The van der Waals surface area contributed by atoms with E-state index >= 15 is 0 Å². The predicted octanol–water partition coefficient (Wildman–Crippen LogP) is 2.82. The first-order valence-electron chi connectivity index (χ1n) is 9.54. The number of anilines is 1. The molecule has 0 fully saturated rings. The van der Waals surface area contributed by atoms with Gasteiger partial charge in [-0.3, -0.25) is 9.59 Å². The van der Waals surface area contributed by atoms with Gasteiger partial charge in [-0.1, -0.05) is 19.1 Å². The molecule has 0 saturated heterocycles. The number of hydrogen-bond donors (Lipinski definition) is 2. The topological polar surface area (TPSA) is 94.5 Å². The van der Waals surface area contributed by atoms with Crippen LogP contribution < -0.4 is 20.1 Å². The molecule has 0 radical (unpaired) electrons. The second kappa shape index (κ2) is 8.22. The molecule has 2 heterocycles. The molecular weight excluding hydrogens is 372 g/mol. The molecule has 1 aliphatic rings. The zero-order valence-electron chi connectivity index (χ0n) is 16.1. The minimum absolute atomic E-state index is 0.0316. The fourth-order valence-electron chi connectivity index (χ4n) is 3.25. The van der Waals surface area contributed by atoms with Crippen LogP contribution in [0, 0.1) is 0 Å². The summed E-state index contributed by atoms with van der Waals surface area (Å²) < 4.78 is 12.5. The van der Waals surface area contributed by atoms with E-state index in [2.05, 4.69) is 15.6 Å². The lowest BCUT2D eigenvalue weighted by Crippen LogP contribution is -2.26. The zero-order valence-corrected chi connectivity index (χ0v) is 16.1. The fraction of sp³-hybridized carbons (Fsp3) is 0.286. The summed E-state index contributed by atoms with van der Waals surface area (Å²) in [5, 5.41) is 5.74. The van der Waals surface area contributed by atoms with Crippen molar-refractivity contribution in [2.45, 2.75) is 32.9 Å². The molecule has 3 aromatic rings. The predicted molar refractivity (Wildman–Crippen MR) is 108 cm³/mol. The highest BCUT2D eigenvalue weighted by Crippen LogP contribution is 2.34. The van der Waals surface area contributed by atoms with Gasteiger partial charge in [0.25, 0.3) is 0 Å². The fourth-order valence-corrected chi connectivity index (χ4v) is 3.25. The number of fused-ring (bicyclic) bond motifs is 2. The standard InChI is InChI=1S/C21H22N4O4/c1-2-5-20(26)22-11-19-24-15-6-3-4-7-16(15)25(19)12-21(27)23-14-8-9-17-18(10-14)29-13-28-17/h3-4,6-10H,2,5,11-13H2,1H3,(H,22,26)(H,23,27). The number of ether oxygens (including phenoxy) is 2. The van der Waals surface area contributed by atoms with Crippen molar-refractivity contribution >= 4 is 28.5 Å². The van der Waals surface area contributed by atoms with Crippen molar-refractivity contribution < 1.29 is 19.1 Å². The van der Waals surface area contributed by atoms with Crippen LogP contribution in [0.5, 0.6) is 11.5 Å². The SMILES string of the molecule is CCCC(=O)NCc1nc2ccccc2n1CC(=O)Nc1ccc2c(c1)OCO2. The van der Waals surface area contributed by atoms with E-state index in [4.69, 9.17) is 9.47 Å². The Balaban J connectivity index is 1.52. The third kappa shape index (κ3) is 4.16. The summed E-state index contributed by atoms with van der Waals surface area (Å²) >= 11 is 0. The Morgan fingerprint density at radius 1 is 1.10 bits per heavy atom. The lowest BCUT2D eigenvalue weighted by molar-refractivity contribution is -0.121. The van der Waals surface area contributed by atoms with Crippen molar-refractivity contribution in [2.24, 2.45) is 0 Å². The maximum absolute atomic E-state index is 12.7. The van der Waals surface area contributed by atoms with E-state index in [9.17, 15) is 9.59 Å². The molecule has 0 saturated carbocycles. The number of aromatic nitrogens is 2. The Morgan fingerprint density at radius 2 is 1.93 bits per heavy atom. The summed E-state index contributed by atoms with van der Waals surface area (Å²) in [6.45, 7) is 2.48. The molecular formula is C21H22N4O4. The van der Waals surface area contributed by atoms with E-state index in [0.29, 0.717) is 29.4 Å². The third-order valence-corrected chi connectivity index (χ3v) is 4.61. The van der Waals surface area contributed by atoms with Gasteiger partial charge in [0.05, 0.1) is 17.6 Å². The number of hydrogen-bond acceptors (Lipinski definition) is 5. The lowest BCUT2D eigenvalue weighted by atomic mass is 10.2. The largest absolute Gasteiger partial charge is 0.454 e. The van der Waals surface area contributed by atoms with E-state index in [1.165, 1.54) is 0 Å². The minimum Gasteiger partial charge on any atom is -0.454 e. The van der Waals surface area contributed by atoms with E-state index in [0.717, 1.165) is 17.5 Å². The van der Waals surface area contributed by atoms with Crippen LogP contribution in [-0.4, -0.2) is 28.2 Å². The molecule has 0 bridgehead atoms. The number of rotatable bonds is 7. The number of nitrogens with one attached hydrogen (secondary N) is 2. The Bertz CT molecular complexity index is 1060. The molecule has 0 atom stereocenters. The van der Waals surface area contributed by atoms with Crippen LogP contribution in [0.1, 0.15) is 25.6 Å². The van der Waals surface area contributed by atoms with Gasteiger partial charge in [0, 0.05) is 18.2 Å². The Kier molecular flexibility index (Phi) is 5.33. The first-order valence-corrected chi connectivity index (χ1v) is 9.54. The smallest absolute Gasteiger partial charge is 0.244 e. The number of imidazole rings is 1. The Labute approximate surface area is 167 Å². The monoisotopic (exact) mass is 394 g/mol. The first-order chi connectivity index (χ1) is 14.1. The molecule has 0 spiro atoms. The highest BCUT2D eigenvalue weighted by atomic mass is 16.7. The van der Waals surface area contributed by atoms with E-state index in [1.807, 2.05) is 35.8 Å². The molecule has 1 aromatic heterocycles. The van der Waals surface area contributed by atoms with Gasteiger partial charge in [-0.2, -0.15) is 0 Å². The quantitative estimate of drug-likeness (QED) is 0.643. The second-order valence-electron chi connectivity index (χ2n) is 6.75. The van der Waals surface area contributed by atoms with Gasteiger partial charge < -0.3 is 24.7 Å². The van der Waals surface area contributed by atoms with Gasteiger partial charge >= 0.3 is 0 Å². The van der Waals surface area contributed by atoms with Crippen LogP contribution >= 0.6 is 0 Å². The normalized spacial score (nSPS) is 12.2. The number of nitrogens with zero attached hydrogens (tertiary/aromatic N) is 2. The summed E-state index contributed by atoms with van der Waals surface area (Å²) in [4.78, 5) is 29.1. The highest BCUT2D eigenvalue weighted by molar-refractivity contribution is 5.92. The summed E-state index contributed by atoms with van der Waals surface area (Å²) in [6, 6.07) is 12.9. The average molecular weight is 394 g/mol. The van der Waals surface area contributed by atoms with Gasteiger partial charge in [0.15, 0.2) is 11.5 Å². The summed E-state index contributed by atoms with van der Waals surface area (Å²) in [7, 11) is 0. The van der Waals surface area contributed by atoms with Crippen molar-refractivity contribution in [3.63, 3.8) is 0 Å². The summed E-state index contributed by atoms with van der Waals surface area (Å²) in [5.74, 6) is 1.67. The van der Waals surface area contributed by atoms with Gasteiger partial charge in [0.2, 0.25) is 18.6 Å². The molecule has 4 rings (SSSR count). The van der Waals surface area contributed by atoms with Crippen LogP contribution in [-0.2, 0) is 22.7 Å². The molecule has 0 unspecified atom stereocenters. The van der Waals surface area contributed by atoms with Gasteiger partial charge in [0.1, 0.15) is 12.4 Å². The van der Waals surface area contributed by atoms with Crippen LogP contribution in [0.3, 0.4) is 0 Å². The molecule has 0 aliphatic carbocycles. The maximum Gasteiger partial charge on any atom is 0.244 e. The number of benzene rings is 2. The number of carbonyl (C=O) groups excluding carboxylic acids is 2. The maximum atomic E-state index is 12.7. The molecule has 1 aliphatic heterocycles. The number of para-hydroxylation sites is 2. The van der Waals surface area contributed by atoms with Crippen LogP contribution in [0.2, 0.25) is 0 Å². The summed E-state index contributed by atoms with van der Waals surface area (Å²) in [6.07, 6.45) is 1.24. The van der Waals surface area contributed by atoms with Gasteiger partial charge in [-0.25, -0.2) is 4.98 Å². The summed E-state index contributed by atoms with van der Waals surface area (Å²) in [5.41, 5.74) is 2.25. The minimum atomic E-state index is -0.201. The molecule has 8 nitrogen and oxygen atoms in total. The number of carbonyl (C=O) groups is 2. The van der Waals surface area contributed by atoms with E-state index < -0.39 is 0 Å². The van der Waals surface area contributed by atoms with Crippen LogP contribution in [0.25, 0.3) is 11.0 Å². The van der Waals surface area contributed by atoms with Gasteiger partial charge in [-0.15, -0.1) is 0 Å². The number of amides is 2. The van der Waals surface area contributed by atoms with Crippen LogP contribution in [0.4, 0.5) is 5.69 Å². The molecule has 8 heteroatoms. The van der Waals surface area contributed by atoms with E-state index in [1.54, 1.807) is 18.2 Å². The van der Waals surface area contributed by atoms with Crippen molar-refractivity contribution in [2.75, 3.05) is 12.1 Å². The van der Waals surface area contributed by atoms with Gasteiger partial charge in [-0.05, 0) is 30.7 Å². The zero-order chi connectivity index (χ0) is 20.2. The molecule has 2 N–H and O–H groups in total. The molecule has 29 heavy (non-hydrogen) atoms. The average Bonchev–Trinajstić information content (AvgIpc) is 3.31. The van der Waals surface area contributed by atoms with Crippen molar-refractivity contribution in [3.05, 3.63) is 48.3 Å². The molecule has 150 valence electrons. The Hall–Kier alpha value is -3.55. The Morgan fingerprint density at radius 3 is 2.79 bits per heavy atom. The van der Waals surface area contributed by atoms with Crippen molar-refractivity contribution in [1.29, 1.82) is 0 Å². The second-order valence-corrected chi connectivity index (χ2v) is 6.75.